The SMILES string of the molecule is CCCCc1ccc(C(=O)NCC2(C(=O)O)CC2)cc1. The van der Waals surface area contributed by atoms with E-state index < -0.39 is 11.4 Å². The van der Waals surface area contributed by atoms with Gasteiger partial charge in [-0.25, -0.2) is 0 Å². The van der Waals surface area contributed by atoms with Crippen LogP contribution in [0.3, 0.4) is 0 Å². The predicted octanol–water partition coefficient (Wildman–Crippen LogP) is 2.62. The highest BCUT2D eigenvalue weighted by atomic mass is 16.4. The van der Waals surface area contributed by atoms with Crippen molar-refractivity contribution in [3.63, 3.8) is 0 Å². The minimum atomic E-state index is -0.812. The Morgan fingerprint density at radius 2 is 1.90 bits per heavy atom. The maximum Gasteiger partial charge on any atom is 0.311 e. The van der Waals surface area contributed by atoms with Crippen molar-refractivity contribution in [2.75, 3.05) is 6.54 Å². The van der Waals surface area contributed by atoms with Crippen molar-refractivity contribution in [1.82, 2.24) is 5.32 Å². The van der Waals surface area contributed by atoms with Crippen molar-refractivity contribution in [3.8, 4) is 0 Å². The molecule has 0 atom stereocenters. The zero-order valence-electron chi connectivity index (χ0n) is 11.8. The van der Waals surface area contributed by atoms with Crippen LogP contribution in [0.2, 0.25) is 0 Å². The van der Waals surface area contributed by atoms with Gasteiger partial charge in [-0.15, -0.1) is 0 Å². The van der Waals surface area contributed by atoms with Crippen LogP contribution in [-0.4, -0.2) is 23.5 Å². The molecule has 1 aromatic carbocycles. The molecule has 0 unspecified atom stereocenters. The van der Waals surface area contributed by atoms with Gasteiger partial charge in [-0.1, -0.05) is 25.5 Å². The van der Waals surface area contributed by atoms with E-state index in [4.69, 9.17) is 5.11 Å². The Kier molecular flexibility index (Phi) is 4.42. The molecule has 1 aliphatic carbocycles. The first-order valence-corrected chi connectivity index (χ1v) is 7.18. The lowest BCUT2D eigenvalue weighted by Gasteiger charge is -2.11. The summed E-state index contributed by atoms with van der Waals surface area (Å²) in [5, 5.41) is 11.8. The topological polar surface area (TPSA) is 66.4 Å². The average Bonchev–Trinajstić information content (AvgIpc) is 3.24. The molecule has 20 heavy (non-hydrogen) atoms. The first-order chi connectivity index (χ1) is 9.57. The maximum atomic E-state index is 12.0. The van der Waals surface area contributed by atoms with E-state index in [1.807, 2.05) is 12.1 Å². The van der Waals surface area contributed by atoms with Crippen LogP contribution in [-0.2, 0) is 11.2 Å². The smallest absolute Gasteiger partial charge is 0.311 e. The monoisotopic (exact) mass is 275 g/mol. The Balaban J connectivity index is 1.88. The molecule has 0 spiro atoms. The molecule has 1 amide bonds. The summed E-state index contributed by atoms with van der Waals surface area (Å²) >= 11 is 0. The zero-order chi connectivity index (χ0) is 14.6. The maximum absolute atomic E-state index is 12.0. The fourth-order valence-electron chi connectivity index (χ4n) is 2.17. The summed E-state index contributed by atoms with van der Waals surface area (Å²) in [6.45, 7) is 2.37. The molecule has 0 heterocycles. The molecule has 4 nitrogen and oxygen atoms in total. The normalized spacial score (nSPS) is 15.7. The Bertz CT molecular complexity index is 489. The number of carboxylic acid groups (broad SMARTS) is 1. The highest BCUT2D eigenvalue weighted by molar-refractivity contribution is 5.94. The molecule has 4 heteroatoms. The third-order valence-corrected chi connectivity index (χ3v) is 3.93. The van der Waals surface area contributed by atoms with Crippen LogP contribution in [0.4, 0.5) is 0 Å². The molecule has 0 radical (unpaired) electrons. The van der Waals surface area contributed by atoms with Crippen LogP contribution in [0, 0.1) is 5.41 Å². The van der Waals surface area contributed by atoms with Crippen molar-refractivity contribution in [3.05, 3.63) is 35.4 Å². The molecule has 0 aromatic heterocycles. The van der Waals surface area contributed by atoms with Gasteiger partial charge in [-0.3, -0.25) is 9.59 Å². The van der Waals surface area contributed by atoms with E-state index in [0.717, 1.165) is 19.3 Å². The summed E-state index contributed by atoms with van der Waals surface area (Å²) in [6.07, 6.45) is 4.63. The highest BCUT2D eigenvalue weighted by Gasteiger charge is 2.50. The van der Waals surface area contributed by atoms with Crippen molar-refractivity contribution in [2.45, 2.75) is 39.0 Å². The lowest BCUT2D eigenvalue weighted by atomic mass is 10.1. The number of amides is 1. The van der Waals surface area contributed by atoms with Gasteiger partial charge >= 0.3 is 5.97 Å². The van der Waals surface area contributed by atoms with Crippen LogP contribution in [0.25, 0.3) is 0 Å². The van der Waals surface area contributed by atoms with E-state index in [1.165, 1.54) is 5.56 Å². The quantitative estimate of drug-likeness (QED) is 0.804. The minimum absolute atomic E-state index is 0.195. The van der Waals surface area contributed by atoms with E-state index in [0.29, 0.717) is 18.4 Å². The third kappa shape index (κ3) is 3.38. The number of hydrogen-bond acceptors (Lipinski definition) is 2. The van der Waals surface area contributed by atoms with Gasteiger partial charge in [0.15, 0.2) is 0 Å². The number of aliphatic carboxylic acids is 1. The predicted molar refractivity (Wildman–Crippen MR) is 76.7 cm³/mol. The van der Waals surface area contributed by atoms with Crippen molar-refractivity contribution in [2.24, 2.45) is 5.41 Å². The molecule has 1 saturated carbocycles. The number of nitrogens with one attached hydrogen (secondary N) is 1. The molecule has 108 valence electrons. The summed E-state index contributed by atoms with van der Waals surface area (Å²) in [6, 6.07) is 7.55. The molecule has 1 aliphatic rings. The first kappa shape index (κ1) is 14.6. The van der Waals surface area contributed by atoms with Gasteiger partial charge in [0, 0.05) is 12.1 Å². The largest absolute Gasteiger partial charge is 0.481 e. The van der Waals surface area contributed by atoms with Crippen LogP contribution in [0.5, 0.6) is 0 Å². The number of hydrogen-bond donors (Lipinski definition) is 2. The number of aryl methyl sites for hydroxylation is 1. The van der Waals surface area contributed by atoms with Gasteiger partial charge in [0.2, 0.25) is 0 Å². The second-order valence-electron chi connectivity index (χ2n) is 5.57. The Morgan fingerprint density at radius 1 is 1.25 bits per heavy atom. The van der Waals surface area contributed by atoms with Gasteiger partial charge in [-0.05, 0) is 43.4 Å². The van der Waals surface area contributed by atoms with E-state index in [2.05, 4.69) is 12.2 Å². The van der Waals surface area contributed by atoms with Crippen LogP contribution >= 0.6 is 0 Å². The minimum Gasteiger partial charge on any atom is -0.481 e. The van der Waals surface area contributed by atoms with Crippen LogP contribution in [0.15, 0.2) is 24.3 Å². The highest BCUT2D eigenvalue weighted by Crippen LogP contribution is 2.45. The average molecular weight is 275 g/mol. The number of carbonyl (C=O) groups is 2. The summed E-state index contributed by atoms with van der Waals surface area (Å²) in [4.78, 5) is 23.0. The fourth-order valence-corrected chi connectivity index (χ4v) is 2.17. The van der Waals surface area contributed by atoms with Crippen molar-refractivity contribution >= 4 is 11.9 Å². The van der Waals surface area contributed by atoms with Crippen molar-refractivity contribution < 1.29 is 14.7 Å². The standard InChI is InChI=1S/C16H21NO3/c1-2-3-4-12-5-7-13(8-6-12)14(18)17-11-16(9-10-16)15(19)20/h5-8H,2-4,9-11H2,1H3,(H,17,18)(H,19,20). The second kappa shape index (κ2) is 6.07. The third-order valence-electron chi connectivity index (χ3n) is 3.93. The zero-order valence-corrected chi connectivity index (χ0v) is 11.8. The summed E-state index contributed by atoms with van der Waals surface area (Å²) < 4.78 is 0. The van der Waals surface area contributed by atoms with Gasteiger partial charge < -0.3 is 10.4 Å². The number of unbranched alkanes of at least 4 members (excludes halogenated alkanes) is 1. The van der Waals surface area contributed by atoms with Gasteiger partial charge in [0.25, 0.3) is 5.91 Å². The van der Waals surface area contributed by atoms with Gasteiger partial charge in [-0.2, -0.15) is 0 Å². The molecule has 2 rings (SSSR count). The summed E-state index contributed by atoms with van der Waals surface area (Å²) in [5.74, 6) is -1.01. The molecule has 1 aromatic rings. The van der Waals surface area contributed by atoms with Crippen LogP contribution in [0.1, 0.15) is 48.5 Å². The Morgan fingerprint density at radius 3 is 2.40 bits per heavy atom. The Hall–Kier alpha value is -1.84. The Labute approximate surface area is 119 Å². The number of benzene rings is 1. The molecule has 0 saturated heterocycles. The van der Waals surface area contributed by atoms with Crippen LogP contribution < -0.4 is 5.32 Å². The van der Waals surface area contributed by atoms with E-state index in [-0.39, 0.29) is 12.5 Å². The summed E-state index contributed by atoms with van der Waals surface area (Å²) in [5.41, 5.74) is 1.11. The first-order valence-electron chi connectivity index (χ1n) is 7.18. The number of carboxylic acids is 1. The van der Waals surface area contributed by atoms with E-state index in [9.17, 15) is 9.59 Å². The van der Waals surface area contributed by atoms with E-state index in [1.54, 1.807) is 12.1 Å². The summed E-state index contributed by atoms with van der Waals surface area (Å²) in [7, 11) is 0. The fraction of sp³-hybridized carbons (Fsp3) is 0.500. The second-order valence-corrected chi connectivity index (χ2v) is 5.57. The van der Waals surface area contributed by atoms with E-state index >= 15 is 0 Å². The number of carbonyl (C=O) groups excluding carboxylic acids is 1. The molecular formula is C16H21NO3. The van der Waals surface area contributed by atoms with Gasteiger partial charge in [0.05, 0.1) is 5.41 Å². The molecule has 0 aliphatic heterocycles. The molecule has 2 N–H and O–H groups in total. The molecule has 1 fully saturated rings. The lowest BCUT2D eigenvalue weighted by Crippen LogP contribution is -2.34. The molecular weight excluding hydrogens is 254 g/mol. The lowest BCUT2D eigenvalue weighted by molar-refractivity contribution is -0.143. The van der Waals surface area contributed by atoms with Gasteiger partial charge in [0.1, 0.15) is 0 Å². The molecule has 0 bridgehead atoms. The van der Waals surface area contributed by atoms with Crippen molar-refractivity contribution in [1.29, 1.82) is 0 Å². The number of rotatable bonds is 7.